The van der Waals surface area contributed by atoms with E-state index in [0.29, 0.717) is 50.3 Å². The molecule has 53 heavy (non-hydrogen) atoms. The fraction of sp³-hybridized carbons (Fsp3) is 0.639. The van der Waals surface area contributed by atoms with Crippen LogP contribution in [0.2, 0.25) is 5.02 Å². The van der Waals surface area contributed by atoms with Gasteiger partial charge in [-0.1, -0.05) is 42.7 Å². The molecule has 0 radical (unpaired) electrons. The van der Waals surface area contributed by atoms with E-state index in [1.807, 2.05) is 18.2 Å². The zero-order valence-electron chi connectivity index (χ0n) is 30.4. The number of carbonyl (C=O) groups excluding carboxylic acids is 5. The van der Waals surface area contributed by atoms with Crippen molar-refractivity contribution in [1.29, 1.82) is 0 Å². The molecule has 0 spiro atoms. The molecule has 2 saturated heterocycles. The molecule has 290 valence electrons. The van der Waals surface area contributed by atoms with Gasteiger partial charge in [0.2, 0.25) is 11.8 Å². The van der Waals surface area contributed by atoms with Crippen LogP contribution in [-0.4, -0.2) is 101 Å². The molecule has 5 atom stereocenters. The molecular weight excluding hydrogens is 728 g/mol. The molecule has 5 aliphatic rings. The highest BCUT2D eigenvalue weighted by atomic mass is 35.5. The van der Waals surface area contributed by atoms with Crippen molar-refractivity contribution in [1.82, 2.24) is 29.5 Å². The lowest BCUT2D eigenvalue weighted by Gasteiger charge is -2.30. The number of hydrogen-bond donors (Lipinski definition) is 3. The summed E-state index contributed by atoms with van der Waals surface area (Å²) in [5, 5.41) is 6.06. The van der Waals surface area contributed by atoms with Crippen LogP contribution in [0.3, 0.4) is 0 Å². The van der Waals surface area contributed by atoms with Gasteiger partial charge in [-0.15, -0.1) is 0 Å². The highest BCUT2D eigenvalue weighted by molar-refractivity contribution is 7.87. The molecule has 17 heteroatoms. The predicted octanol–water partition coefficient (Wildman–Crippen LogP) is 3.51. The van der Waals surface area contributed by atoms with Gasteiger partial charge in [0.1, 0.15) is 29.3 Å². The molecule has 3 fully saturated rings. The third-order valence-corrected chi connectivity index (χ3v) is 12.1. The van der Waals surface area contributed by atoms with Crippen LogP contribution < -0.4 is 15.4 Å². The fourth-order valence-corrected chi connectivity index (χ4v) is 9.00. The van der Waals surface area contributed by atoms with Crippen molar-refractivity contribution >= 4 is 51.7 Å². The number of halogens is 1. The predicted molar refractivity (Wildman–Crippen MR) is 193 cm³/mol. The number of rotatable bonds is 5. The van der Waals surface area contributed by atoms with Gasteiger partial charge < -0.3 is 25.0 Å². The second-order valence-corrected chi connectivity index (χ2v) is 17.7. The van der Waals surface area contributed by atoms with Gasteiger partial charge in [0.15, 0.2) is 0 Å². The van der Waals surface area contributed by atoms with E-state index in [-0.39, 0.29) is 32.4 Å². The Morgan fingerprint density at radius 3 is 2.49 bits per heavy atom. The van der Waals surface area contributed by atoms with Crippen LogP contribution in [0, 0.1) is 5.92 Å². The summed E-state index contributed by atoms with van der Waals surface area (Å²) in [4.78, 5) is 71.6. The number of amides is 5. The minimum Gasteiger partial charge on any atom is -0.444 e. The summed E-state index contributed by atoms with van der Waals surface area (Å²) in [6, 6.07) is 3.14. The van der Waals surface area contributed by atoms with Crippen molar-refractivity contribution in [3.05, 3.63) is 46.5 Å². The van der Waals surface area contributed by atoms with Gasteiger partial charge in [0, 0.05) is 43.5 Å². The Morgan fingerprint density at radius 2 is 1.75 bits per heavy atom. The van der Waals surface area contributed by atoms with Crippen LogP contribution in [-0.2, 0) is 47.2 Å². The average Bonchev–Trinajstić information content (AvgIpc) is 3.53. The SMILES string of the molecule is CC(C)(C)OC(=O)N[C@H]1CCCCC/C=C\[C@H]2C[C@@]2(C(=O)NS(=O)(=O)N2CCCC2)NC(=O)[C@@H]2C[C@@H](OC(=O)N3Cc4ccc(Cl)cc4C3)CN2C1=O. The Labute approximate surface area is 315 Å². The molecule has 6 rings (SSSR count). The van der Waals surface area contributed by atoms with Crippen LogP contribution in [0.25, 0.3) is 0 Å². The zero-order chi connectivity index (χ0) is 38.1. The van der Waals surface area contributed by atoms with Crippen molar-refractivity contribution < 1.29 is 41.9 Å². The quantitative estimate of drug-likeness (QED) is 0.377. The van der Waals surface area contributed by atoms with Crippen molar-refractivity contribution in [2.75, 3.05) is 19.6 Å². The Morgan fingerprint density at radius 1 is 1.02 bits per heavy atom. The number of nitrogens with zero attached hydrogens (tertiary/aromatic N) is 3. The van der Waals surface area contributed by atoms with Crippen LogP contribution >= 0.6 is 11.6 Å². The molecule has 1 aromatic carbocycles. The highest BCUT2D eigenvalue weighted by Crippen LogP contribution is 2.46. The lowest BCUT2D eigenvalue weighted by molar-refractivity contribution is -0.141. The molecule has 3 N–H and O–H groups in total. The number of nitrogens with one attached hydrogen (secondary N) is 3. The maximum absolute atomic E-state index is 14.4. The molecule has 0 unspecified atom stereocenters. The molecule has 5 amide bonds. The molecule has 1 aromatic rings. The Bertz CT molecular complexity index is 1760. The first kappa shape index (κ1) is 38.8. The van der Waals surface area contributed by atoms with Crippen molar-refractivity contribution in [3.63, 3.8) is 0 Å². The summed E-state index contributed by atoms with van der Waals surface area (Å²) in [6.07, 6.45) is 5.92. The van der Waals surface area contributed by atoms with E-state index in [4.69, 9.17) is 21.1 Å². The van der Waals surface area contributed by atoms with Crippen molar-refractivity contribution in [2.45, 2.75) is 121 Å². The van der Waals surface area contributed by atoms with Crippen molar-refractivity contribution in [3.8, 4) is 0 Å². The van der Waals surface area contributed by atoms with E-state index < -0.39 is 75.4 Å². The Kier molecular flexibility index (Phi) is 11.3. The smallest absolute Gasteiger partial charge is 0.410 e. The number of allylic oxidation sites excluding steroid dienone is 1. The highest BCUT2D eigenvalue weighted by Gasteiger charge is 2.62. The minimum atomic E-state index is -4.14. The van der Waals surface area contributed by atoms with E-state index in [9.17, 15) is 32.4 Å². The summed E-state index contributed by atoms with van der Waals surface area (Å²) in [6.45, 7) is 6.15. The molecule has 0 aromatic heterocycles. The summed E-state index contributed by atoms with van der Waals surface area (Å²) < 4.78 is 41.0. The molecule has 1 saturated carbocycles. The molecule has 15 nitrogen and oxygen atoms in total. The van der Waals surface area contributed by atoms with Crippen LogP contribution in [0.5, 0.6) is 0 Å². The second kappa shape index (κ2) is 15.5. The average molecular weight is 777 g/mol. The molecule has 0 bridgehead atoms. The third-order valence-electron chi connectivity index (χ3n) is 10.4. The van der Waals surface area contributed by atoms with Gasteiger partial charge in [-0.2, -0.15) is 12.7 Å². The number of alkyl carbamates (subject to hydrolysis) is 1. The lowest BCUT2D eigenvalue weighted by atomic mass is 10.0. The van der Waals surface area contributed by atoms with E-state index in [0.717, 1.165) is 24.0 Å². The van der Waals surface area contributed by atoms with E-state index in [2.05, 4.69) is 15.4 Å². The molecule has 1 aliphatic carbocycles. The van der Waals surface area contributed by atoms with Gasteiger partial charge in [-0.3, -0.25) is 19.3 Å². The van der Waals surface area contributed by atoms with Gasteiger partial charge in [-0.25, -0.2) is 14.3 Å². The van der Waals surface area contributed by atoms with E-state index in [1.165, 1.54) is 14.1 Å². The summed E-state index contributed by atoms with van der Waals surface area (Å²) in [5.41, 5.74) is -0.574. The van der Waals surface area contributed by atoms with Gasteiger partial charge in [-0.05, 0) is 82.6 Å². The van der Waals surface area contributed by atoms with Crippen LogP contribution in [0.1, 0.15) is 89.7 Å². The number of fused-ring (bicyclic) bond motifs is 3. The second-order valence-electron chi connectivity index (χ2n) is 15.6. The Balaban J connectivity index is 1.25. The lowest BCUT2D eigenvalue weighted by Crippen LogP contribution is -2.59. The first-order valence-electron chi connectivity index (χ1n) is 18.4. The van der Waals surface area contributed by atoms with Gasteiger partial charge in [0.25, 0.3) is 5.91 Å². The topological polar surface area (TPSA) is 184 Å². The molecule has 4 heterocycles. The normalized spacial score (nSPS) is 28.8. The number of benzene rings is 1. The van der Waals surface area contributed by atoms with Crippen molar-refractivity contribution in [2.24, 2.45) is 5.92 Å². The monoisotopic (exact) mass is 776 g/mol. The zero-order valence-corrected chi connectivity index (χ0v) is 32.0. The van der Waals surface area contributed by atoms with Crippen LogP contribution in [0.15, 0.2) is 30.4 Å². The summed E-state index contributed by atoms with van der Waals surface area (Å²) in [5.74, 6) is -2.59. The number of hydrogen-bond acceptors (Lipinski definition) is 9. The van der Waals surface area contributed by atoms with E-state index in [1.54, 1.807) is 32.9 Å². The third kappa shape index (κ3) is 9.08. The summed E-state index contributed by atoms with van der Waals surface area (Å²) in [7, 11) is -4.14. The molecular formula is C36H49ClN6O9S. The van der Waals surface area contributed by atoms with E-state index >= 15 is 0 Å². The molecule has 4 aliphatic heterocycles. The first-order chi connectivity index (χ1) is 25.0. The Hall–Kier alpha value is -3.89. The largest absolute Gasteiger partial charge is 0.444 e. The minimum absolute atomic E-state index is 0.0840. The van der Waals surface area contributed by atoms with Gasteiger partial charge in [0.05, 0.1) is 6.54 Å². The first-order valence-corrected chi connectivity index (χ1v) is 20.2. The van der Waals surface area contributed by atoms with Gasteiger partial charge >= 0.3 is 22.4 Å². The number of ether oxygens (including phenoxy) is 2. The standard InChI is InChI=1S/C36H49ClN6O9S/c1-35(2,3)52-33(47)38-28-12-8-6-4-5-7-11-25-19-36(25,32(46)40-53(49,50)42-15-9-10-16-42)39-30(44)29-18-27(22-43(29)31(28)45)51-34(48)41-20-23-13-14-26(37)17-24(23)21-41/h7,11,13-14,17,25,27-29H,4-6,8-10,12,15-16,18-22H2,1-3H3,(H,38,47)(H,39,44)(H,40,46)/b11-7-/t25-,27+,28-,29-,36+/m0/s1. The fourth-order valence-electron chi connectivity index (χ4n) is 7.53. The number of carbonyl (C=O) groups is 5. The summed E-state index contributed by atoms with van der Waals surface area (Å²) >= 11 is 6.16. The maximum atomic E-state index is 14.4. The van der Waals surface area contributed by atoms with Crippen LogP contribution in [0.4, 0.5) is 9.59 Å². The maximum Gasteiger partial charge on any atom is 0.410 e.